The first-order chi connectivity index (χ1) is 7.80. The van der Waals surface area contributed by atoms with E-state index in [1.165, 1.54) is 11.3 Å². The fourth-order valence-electron chi connectivity index (χ4n) is 2.71. The molecule has 1 saturated heterocycles. The Hall–Kier alpha value is -1.02. The van der Waals surface area contributed by atoms with Gasteiger partial charge in [-0.05, 0) is 52.7 Å². The van der Waals surface area contributed by atoms with Gasteiger partial charge in [0.15, 0.2) is 0 Å². The van der Waals surface area contributed by atoms with E-state index in [-0.39, 0.29) is 11.2 Å². The van der Waals surface area contributed by atoms with Crippen molar-refractivity contribution in [1.82, 2.24) is 0 Å². The predicted octanol–water partition coefficient (Wildman–Crippen LogP) is 3.75. The molecule has 94 valence electrons. The van der Waals surface area contributed by atoms with Crippen molar-refractivity contribution in [1.29, 1.82) is 0 Å². The Bertz CT molecular complexity index is 409. The van der Waals surface area contributed by atoms with Crippen LogP contribution in [-0.4, -0.2) is 17.2 Å². The monoisotopic (exact) mass is 233 g/mol. The molecule has 2 nitrogen and oxygen atoms in total. The van der Waals surface area contributed by atoms with Crippen LogP contribution >= 0.6 is 0 Å². The summed E-state index contributed by atoms with van der Waals surface area (Å²) in [5.41, 5.74) is 2.34. The molecule has 1 aliphatic rings. The van der Waals surface area contributed by atoms with Crippen molar-refractivity contribution in [2.75, 3.05) is 5.32 Å². The van der Waals surface area contributed by atoms with E-state index in [9.17, 15) is 0 Å². The Labute approximate surface area is 104 Å². The maximum absolute atomic E-state index is 6.10. The highest BCUT2D eigenvalue weighted by atomic mass is 16.5. The highest BCUT2D eigenvalue weighted by Gasteiger charge is 2.45. The van der Waals surface area contributed by atoms with E-state index in [0.29, 0.717) is 6.04 Å². The van der Waals surface area contributed by atoms with E-state index < -0.39 is 0 Å². The number of nitrogens with one attached hydrogen (secondary N) is 1. The Balaban J connectivity index is 2.17. The third-order valence-corrected chi connectivity index (χ3v) is 3.55. The van der Waals surface area contributed by atoms with Gasteiger partial charge in [0.1, 0.15) is 0 Å². The molecule has 1 aromatic rings. The van der Waals surface area contributed by atoms with Crippen LogP contribution in [0.3, 0.4) is 0 Å². The third kappa shape index (κ3) is 2.63. The molecule has 0 saturated carbocycles. The van der Waals surface area contributed by atoms with E-state index in [1.54, 1.807) is 0 Å². The zero-order chi connectivity index (χ0) is 12.7. The van der Waals surface area contributed by atoms with Gasteiger partial charge < -0.3 is 10.1 Å². The maximum Gasteiger partial charge on any atom is 0.0834 e. The summed E-state index contributed by atoms with van der Waals surface area (Å²) in [4.78, 5) is 0. The molecule has 0 amide bonds. The van der Waals surface area contributed by atoms with Crippen molar-refractivity contribution in [3.05, 3.63) is 29.8 Å². The van der Waals surface area contributed by atoms with Gasteiger partial charge in [-0.3, -0.25) is 0 Å². The van der Waals surface area contributed by atoms with Crippen molar-refractivity contribution in [3.8, 4) is 0 Å². The maximum atomic E-state index is 6.10. The topological polar surface area (TPSA) is 21.3 Å². The highest BCUT2D eigenvalue weighted by molar-refractivity contribution is 5.51. The summed E-state index contributed by atoms with van der Waals surface area (Å²) in [5.74, 6) is 0. The molecule has 2 heteroatoms. The Kier molecular flexibility index (Phi) is 2.94. The number of anilines is 1. The quantitative estimate of drug-likeness (QED) is 0.840. The molecular weight excluding hydrogens is 210 g/mol. The molecule has 0 spiro atoms. The Morgan fingerprint density at radius 1 is 1.18 bits per heavy atom. The molecule has 0 bridgehead atoms. The summed E-state index contributed by atoms with van der Waals surface area (Å²) in [5, 5.41) is 3.63. The molecule has 1 atom stereocenters. The standard InChI is InChI=1S/C15H23NO/c1-11-8-6-7-9-12(11)16-13-10-14(2,3)17-15(13,4)5/h6-9,13,16H,10H2,1-5H3. The average molecular weight is 233 g/mol. The fraction of sp³-hybridized carbons (Fsp3) is 0.600. The molecular formula is C15H23NO. The van der Waals surface area contributed by atoms with Crippen LogP contribution < -0.4 is 5.32 Å². The van der Waals surface area contributed by atoms with Crippen LogP contribution in [0.4, 0.5) is 5.69 Å². The SMILES string of the molecule is Cc1ccccc1NC1CC(C)(C)OC1(C)C. The van der Waals surface area contributed by atoms with Crippen LogP contribution in [0.1, 0.15) is 39.7 Å². The van der Waals surface area contributed by atoms with E-state index in [4.69, 9.17) is 4.74 Å². The molecule has 1 fully saturated rings. The van der Waals surface area contributed by atoms with Gasteiger partial charge in [0.05, 0.1) is 17.2 Å². The van der Waals surface area contributed by atoms with E-state index in [1.807, 2.05) is 0 Å². The second-order valence-corrected chi connectivity index (χ2v) is 6.18. The summed E-state index contributed by atoms with van der Waals surface area (Å²) >= 11 is 0. The van der Waals surface area contributed by atoms with E-state index in [0.717, 1.165) is 6.42 Å². The largest absolute Gasteiger partial charge is 0.379 e. The molecule has 1 aromatic carbocycles. The number of ether oxygens (including phenoxy) is 1. The lowest BCUT2D eigenvalue weighted by Crippen LogP contribution is -2.38. The van der Waals surface area contributed by atoms with Crippen molar-refractivity contribution < 1.29 is 4.74 Å². The van der Waals surface area contributed by atoms with Crippen molar-refractivity contribution in [2.45, 2.75) is 58.3 Å². The lowest BCUT2D eigenvalue weighted by atomic mass is 9.94. The van der Waals surface area contributed by atoms with Gasteiger partial charge >= 0.3 is 0 Å². The van der Waals surface area contributed by atoms with Gasteiger partial charge in [-0.25, -0.2) is 0 Å². The first-order valence-corrected chi connectivity index (χ1v) is 6.32. The molecule has 0 aromatic heterocycles. The number of benzene rings is 1. The Morgan fingerprint density at radius 3 is 2.35 bits per heavy atom. The van der Waals surface area contributed by atoms with Crippen LogP contribution in [-0.2, 0) is 4.74 Å². The number of hydrogen-bond acceptors (Lipinski definition) is 2. The molecule has 2 rings (SSSR count). The van der Waals surface area contributed by atoms with Crippen LogP contribution in [0.15, 0.2) is 24.3 Å². The van der Waals surface area contributed by atoms with Gasteiger partial charge in [0.25, 0.3) is 0 Å². The van der Waals surface area contributed by atoms with E-state index in [2.05, 4.69) is 64.2 Å². The highest BCUT2D eigenvalue weighted by Crippen LogP contribution is 2.39. The molecule has 1 aliphatic heterocycles. The average Bonchev–Trinajstić information content (AvgIpc) is 2.38. The molecule has 1 heterocycles. The van der Waals surface area contributed by atoms with Gasteiger partial charge in [0, 0.05) is 5.69 Å². The van der Waals surface area contributed by atoms with Gasteiger partial charge in [-0.2, -0.15) is 0 Å². The first-order valence-electron chi connectivity index (χ1n) is 6.32. The first kappa shape index (κ1) is 12.4. The predicted molar refractivity (Wildman–Crippen MR) is 72.4 cm³/mol. The Morgan fingerprint density at radius 2 is 1.82 bits per heavy atom. The molecule has 0 aliphatic carbocycles. The van der Waals surface area contributed by atoms with Crippen molar-refractivity contribution in [2.24, 2.45) is 0 Å². The normalized spacial score (nSPS) is 25.8. The minimum atomic E-state index is -0.119. The fourth-order valence-corrected chi connectivity index (χ4v) is 2.71. The second-order valence-electron chi connectivity index (χ2n) is 6.18. The zero-order valence-corrected chi connectivity index (χ0v) is 11.5. The smallest absolute Gasteiger partial charge is 0.0834 e. The van der Waals surface area contributed by atoms with Gasteiger partial charge in [-0.1, -0.05) is 18.2 Å². The molecule has 1 N–H and O–H groups in total. The number of aryl methyl sites for hydroxylation is 1. The van der Waals surface area contributed by atoms with Crippen molar-refractivity contribution >= 4 is 5.69 Å². The molecule has 0 radical (unpaired) electrons. The summed E-state index contributed by atoms with van der Waals surface area (Å²) in [6.45, 7) is 10.8. The van der Waals surface area contributed by atoms with E-state index >= 15 is 0 Å². The summed E-state index contributed by atoms with van der Waals surface area (Å²) < 4.78 is 6.10. The van der Waals surface area contributed by atoms with Crippen LogP contribution in [0.5, 0.6) is 0 Å². The van der Waals surface area contributed by atoms with Gasteiger partial charge in [0.2, 0.25) is 0 Å². The minimum Gasteiger partial charge on any atom is -0.379 e. The van der Waals surface area contributed by atoms with Gasteiger partial charge in [-0.15, -0.1) is 0 Å². The summed E-state index contributed by atoms with van der Waals surface area (Å²) in [7, 11) is 0. The number of rotatable bonds is 2. The number of para-hydroxylation sites is 1. The van der Waals surface area contributed by atoms with Crippen LogP contribution in [0, 0.1) is 6.92 Å². The molecule has 17 heavy (non-hydrogen) atoms. The lowest BCUT2D eigenvalue weighted by molar-refractivity contribution is -0.0662. The second kappa shape index (κ2) is 4.02. The van der Waals surface area contributed by atoms with Crippen molar-refractivity contribution in [3.63, 3.8) is 0 Å². The number of hydrogen-bond donors (Lipinski definition) is 1. The zero-order valence-electron chi connectivity index (χ0n) is 11.5. The molecule has 1 unspecified atom stereocenters. The minimum absolute atomic E-state index is 0.0378. The van der Waals surface area contributed by atoms with Crippen LogP contribution in [0.25, 0.3) is 0 Å². The van der Waals surface area contributed by atoms with Crippen LogP contribution in [0.2, 0.25) is 0 Å². The summed E-state index contributed by atoms with van der Waals surface area (Å²) in [6, 6.07) is 8.77. The third-order valence-electron chi connectivity index (χ3n) is 3.55. The summed E-state index contributed by atoms with van der Waals surface area (Å²) in [6.07, 6.45) is 1.04. The lowest BCUT2D eigenvalue weighted by Gasteiger charge is -2.28.